The number of anilines is 1. The van der Waals surface area contributed by atoms with E-state index in [2.05, 4.69) is 5.32 Å². The molecule has 0 atom stereocenters. The Morgan fingerprint density at radius 1 is 1.32 bits per heavy atom. The predicted octanol–water partition coefficient (Wildman–Crippen LogP) is 2.65. The molecule has 0 saturated heterocycles. The molecule has 0 fully saturated rings. The van der Waals surface area contributed by atoms with Crippen LogP contribution in [0, 0.1) is 6.92 Å². The van der Waals surface area contributed by atoms with Gasteiger partial charge in [-0.3, -0.25) is 9.59 Å². The molecule has 4 nitrogen and oxygen atoms in total. The molecule has 0 aromatic heterocycles. The minimum absolute atomic E-state index is 0.0850. The summed E-state index contributed by atoms with van der Waals surface area (Å²) in [6.45, 7) is 1.89. The summed E-state index contributed by atoms with van der Waals surface area (Å²) in [7, 11) is 3.39. The molecule has 0 heterocycles. The molecule has 5 heteroatoms. The molecule has 0 aliphatic heterocycles. The van der Waals surface area contributed by atoms with Gasteiger partial charge in [-0.05, 0) is 31.0 Å². The molecule has 0 aliphatic rings. The van der Waals surface area contributed by atoms with Gasteiger partial charge in [-0.2, -0.15) is 0 Å². The van der Waals surface area contributed by atoms with E-state index in [0.717, 1.165) is 5.56 Å². The highest BCUT2D eigenvalue weighted by molar-refractivity contribution is 6.18. The zero-order chi connectivity index (χ0) is 14.4. The summed E-state index contributed by atoms with van der Waals surface area (Å²) in [4.78, 5) is 25.0. The Labute approximate surface area is 118 Å². The van der Waals surface area contributed by atoms with Gasteiger partial charge in [0.1, 0.15) is 0 Å². The Bertz CT molecular complexity index is 473. The standard InChI is InChI=1S/C14H19ClN2O2/c1-10-6-7-11(14(19)17(2)3)9-12(10)16-13(18)5-4-8-15/h6-7,9H,4-5,8H2,1-3H3,(H,16,18). The zero-order valence-electron chi connectivity index (χ0n) is 11.5. The van der Waals surface area contributed by atoms with E-state index in [4.69, 9.17) is 11.6 Å². The van der Waals surface area contributed by atoms with Crippen LogP contribution in [0.2, 0.25) is 0 Å². The van der Waals surface area contributed by atoms with Gasteiger partial charge in [-0.25, -0.2) is 0 Å². The molecule has 19 heavy (non-hydrogen) atoms. The quantitative estimate of drug-likeness (QED) is 0.844. The van der Waals surface area contributed by atoms with Crippen molar-refractivity contribution in [2.45, 2.75) is 19.8 Å². The van der Waals surface area contributed by atoms with Crippen LogP contribution in [0.3, 0.4) is 0 Å². The SMILES string of the molecule is Cc1ccc(C(=O)N(C)C)cc1NC(=O)CCCCl. The van der Waals surface area contributed by atoms with Crippen LogP contribution >= 0.6 is 11.6 Å². The number of alkyl halides is 1. The molecular formula is C14H19ClN2O2. The van der Waals surface area contributed by atoms with Crippen molar-refractivity contribution in [2.75, 3.05) is 25.3 Å². The van der Waals surface area contributed by atoms with Crippen molar-refractivity contribution in [3.8, 4) is 0 Å². The van der Waals surface area contributed by atoms with Gasteiger partial charge >= 0.3 is 0 Å². The molecule has 0 spiro atoms. The number of nitrogens with one attached hydrogen (secondary N) is 1. The van der Waals surface area contributed by atoms with Crippen molar-refractivity contribution in [1.29, 1.82) is 0 Å². The van der Waals surface area contributed by atoms with Gasteiger partial charge in [0.15, 0.2) is 0 Å². The number of benzene rings is 1. The molecule has 104 valence electrons. The lowest BCUT2D eigenvalue weighted by Gasteiger charge is -2.13. The van der Waals surface area contributed by atoms with E-state index >= 15 is 0 Å². The number of rotatable bonds is 5. The lowest BCUT2D eigenvalue weighted by Crippen LogP contribution is -2.22. The number of carbonyl (C=O) groups is 2. The summed E-state index contributed by atoms with van der Waals surface area (Å²) >= 11 is 5.55. The van der Waals surface area contributed by atoms with E-state index in [-0.39, 0.29) is 11.8 Å². The van der Waals surface area contributed by atoms with E-state index in [0.29, 0.717) is 30.0 Å². The number of hydrogen-bond donors (Lipinski definition) is 1. The van der Waals surface area contributed by atoms with Gasteiger partial charge in [0.25, 0.3) is 5.91 Å². The Hall–Kier alpha value is -1.55. The van der Waals surface area contributed by atoms with Crippen molar-refractivity contribution in [3.05, 3.63) is 29.3 Å². The summed E-state index contributed by atoms with van der Waals surface area (Å²) in [6, 6.07) is 5.29. The van der Waals surface area contributed by atoms with Gasteiger partial charge in [-0.1, -0.05) is 6.07 Å². The summed E-state index contributed by atoms with van der Waals surface area (Å²) in [5.41, 5.74) is 2.16. The van der Waals surface area contributed by atoms with Crippen LogP contribution in [0.25, 0.3) is 0 Å². The largest absolute Gasteiger partial charge is 0.345 e. The molecule has 1 N–H and O–H groups in total. The number of aryl methyl sites for hydroxylation is 1. The van der Waals surface area contributed by atoms with Gasteiger partial charge in [-0.15, -0.1) is 11.6 Å². The molecule has 0 unspecified atom stereocenters. The maximum atomic E-state index is 11.9. The first-order valence-corrected chi connectivity index (χ1v) is 6.67. The highest BCUT2D eigenvalue weighted by Gasteiger charge is 2.11. The second-order valence-corrected chi connectivity index (χ2v) is 4.95. The maximum absolute atomic E-state index is 11.9. The molecule has 1 aromatic rings. The fourth-order valence-electron chi connectivity index (χ4n) is 1.59. The number of nitrogens with zero attached hydrogens (tertiary/aromatic N) is 1. The Kier molecular flexibility index (Phi) is 5.83. The number of amides is 2. The third kappa shape index (κ3) is 4.56. The topological polar surface area (TPSA) is 49.4 Å². The van der Waals surface area contributed by atoms with Gasteiger partial charge in [0, 0.05) is 37.6 Å². The van der Waals surface area contributed by atoms with Crippen LogP contribution in [-0.4, -0.2) is 36.7 Å². The summed E-state index contributed by atoms with van der Waals surface area (Å²) in [5, 5.41) is 2.81. The highest BCUT2D eigenvalue weighted by Crippen LogP contribution is 2.18. The van der Waals surface area contributed by atoms with Crippen molar-refractivity contribution < 1.29 is 9.59 Å². The fourth-order valence-corrected chi connectivity index (χ4v) is 1.72. The molecule has 0 aliphatic carbocycles. The van der Waals surface area contributed by atoms with Crippen molar-refractivity contribution >= 4 is 29.1 Å². The zero-order valence-corrected chi connectivity index (χ0v) is 12.3. The third-order valence-corrected chi connectivity index (χ3v) is 2.97. The van der Waals surface area contributed by atoms with E-state index in [1.807, 2.05) is 13.0 Å². The third-order valence-electron chi connectivity index (χ3n) is 2.70. The second-order valence-electron chi connectivity index (χ2n) is 4.57. The first kappa shape index (κ1) is 15.5. The molecule has 1 aromatic carbocycles. The van der Waals surface area contributed by atoms with E-state index < -0.39 is 0 Å². The van der Waals surface area contributed by atoms with Gasteiger partial charge in [0.2, 0.25) is 5.91 Å². The summed E-state index contributed by atoms with van der Waals surface area (Å²) < 4.78 is 0. The fraction of sp³-hybridized carbons (Fsp3) is 0.429. The Morgan fingerprint density at radius 3 is 2.58 bits per heavy atom. The van der Waals surface area contributed by atoms with Crippen LogP contribution in [0.15, 0.2) is 18.2 Å². The first-order valence-electron chi connectivity index (χ1n) is 6.14. The minimum Gasteiger partial charge on any atom is -0.345 e. The lowest BCUT2D eigenvalue weighted by molar-refractivity contribution is -0.116. The van der Waals surface area contributed by atoms with Crippen LogP contribution in [0.1, 0.15) is 28.8 Å². The Morgan fingerprint density at radius 2 is 2.00 bits per heavy atom. The van der Waals surface area contributed by atoms with Gasteiger partial charge < -0.3 is 10.2 Å². The number of carbonyl (C=O) groups excluding carboxylic acids is 2. The predicted molar refractivity (Wildman–Crippen MR) is 77.8 cm³/mol. The summed E-state index contributed by atoms with van der Waals surface area (Å²) in [6.07, 6.45) is 1.03. The average Bonchev–Trinajstić information content (AvgIpc) is 2.38. The van der Waals surface area contributed by atoms with Crippen molar-refractivity contribution in [3.63, 3.8) is 0 Å². The number of halogens is 1. The molecule has 2 amide bonds. The van der Waals surface area contributed by atoms with Crippen LogP contribution in [0.4, 0.5) is 5.69 Å². The Balaban J connectivity index is 2.86. The monoisotopic (exact) mass is 282 g/mol. The van der Waals surface area contributed by atoms with Gasteiger partial charge in [0.05, 0.1) is 0 Å². The molecule has 0 radical (unpaired) electrons. The first-order chi connectivity index (χ1) is 8.95. The highest BCUT2D eigenvalue weighted by atomic mass is 35.5. The van der Waals surface area contributed by atoms with Crippen LogP contribution in [0.5, 0.6) is 0 Å². The second kappa shape index (κ2) is 7.14. The van der Waals surface area contributed by atoms with Crippen LogP contribution < -0.4 is 5.32 Å². The molecule has 0 saturated carbocycles. The van der Waals surface area contributed by atoms with Crippen molar-refractivity contribution in [1.82, 2.24) is 4.90 Å². The average molecular weight is 283 g/mol. The lowest BCUT2D eigenvalue weighted by atomic mass is 10.1. The van der Waals surface area contributed by atoms with E-state index in [1.165, 1.54) is 4.90 Å². The molecule has 0 bridgehead atoms. The summed E-state index contributed by atoms with van der Waals surface area (Å²) in [5.74, 6) is 0.292. The molecule has 1 rings (SSSR count). The molecular weight excluding hydrogens is 264 g/mol. The maximum Gasteiger partial charge on any atom is 0.253 e. The van der Waals surface area contributed by atoms with E-state index in [1.54, 1.807) is 26.2 Å². The van der Waals surface area contributed by atoms with E-state index in [9.17, 15) is 9.59 Å². The van der Waals surface area contributed by atoms with Crippen LogP contribution in [-0.2, 0) is 4.79 Å². The smallest absolute Gasteiger partial charge is 0.253 e. The van der Waals surface area contributed by atoms with Crippen molar-refractivity contribution in [2.24, 2.45) is 0 Å². The number of hydrogen-bond acceptors (Lipinski definition) is 2. The normalized spacial score (nSPS) is 10.1. The minimum atomic E-state index is -0.0868.